The van der Waals surface area contributed by atoms with Gasteiger partial charge in [-0.25, -0.2) is 0 Å². The van der Waals surface area contributed by atoms with Crippen LogP contribution in [0.25, 0.3) is 0 Å². The summed E-state index contributed by atoms with van der Waals surface area (Å²) >= 11 is 0. The van der Waals surface area contributed by atoms with Gasteiger partial charge in [0.05, 0.1) is 5.69 Å². The van der Waals surface area contributed by atoms with Crippen LogP contribution < -0.4 is 5.32 Å². The van der Waals surface area contributed by atoms with Crippen molar-refractivity contribution in [2.45, 2.75) is 19.6 Å². The number of nitrogens with zero attached hydrogens (tertiary/aromatic N) is 4. The fourth-order valence-electron chi connectivity index (χ4n) is 1.87. The molecule has 0 atom stereocenters. The number of aryl methyl sites for hydroxylation is 3. The Morgan fingerprint density at radius 3 is 2.47 bits per heavy atom. The van der Waals surface area contributed by atoms with E-state index in [-0.39, 0.29) is 12.1 Å². The molecule has 0 amide bonds. The van der Waals surface area contributed by atoms with E-state index in [1.165, 1.54) is 13.2 Å². The normalized spacial score (nSPS) is 11.9. The van der Waals surface area contributed by atoms with Crippen LogP contribution in [0.1, 0.15) is 17.0 Å². The molecule has 0 saturated heterocycles. The van der Waals surface area contributed by atoms with Gasteiger partial charge in [0, 0.05) is 38.5 Å². The van der Waals surface area contributed by atoms with Crippen molar-refractivity contribution in [3.63, 3.8) is 0 Å². The fourth-order valence-corrected chi connectivity index (χ4v) is 1.87. The van der Waals surface area contributed by atoms with Gasteiger partial charge in [-0.15, -0.1) is 0 Å². The van der Waals surface area contributed by atoms with E-state index in [4.69, 9.17) is 0 Å². The average Bonchev–Trinajstić information content (AvgIpc) is 2.78. The Kier molecular flexibility index (Phi) is 3.25. The highest BCUT2D eigenvalue weighted by Crippen LogP contribution is 2.30. The topological polar surface area (TPSA) is 47.7 Å². The van der Waals surface area contributed by atoms with Gasteiger partial charge in [0.1, 0.15) is 5.82 Å². The van der Waals surface area contributed by atoms with E-state index in [1.807, 2.05) is 6.92 Å². The number of hydrogen-bond acceptors (Lipinski definition) is 3. The summed E-state index contributed by atoms with van der Waals surface area (Å²) in [5.74, 6) is 0.662. The maximum absolute atomic E-state index is 12.7. The van der Waals surface area contributed by atoms with Crippen LogP contribution >= 0.6 is 0 Å². The summed E-state index contributed by atoms with van der Waals surface area (Å²) in [5.41, 5.74) is 0.0440. The highest BCUT2D eigenvalue weighted by molar-refractivity contribution is 5.38. The van der Waals surface area contributed by atoms with Crippen molar-refractivity contribution >= 4 is 5.82 Å². The van der Waals surface area contributed by atoms with Gasteiger partial charge >= 0.3 is 6.18 Å². The van der Waals surface area contributed by atoms with Gasteiger partial charge in [-0.3, -0.25) is 9.36 Å². The average molecular weight is 273 g/mol. The van der Waals surface area contributed by atoms with Crippen LogP contribution in [0.2, 0.25) is 0 Å². The highest BCUT2D eigenvalue weighted by atomic mass is 19.4. The lowest BCUT2D eigenvalue weighted by Gasteiger charge is -2.08. The molecule has 8 heteroatoms. The zero-order chi connectivity index (χ0) is 14.2. The van der Waals surface area contributed by atoms with Crippen molar-refractivity contribution in [3.8, 4) is 0 Å². The van der Waals surface area contributed by atoms with Crippen molar-refractivity contribution in [1.29, 1.82) is 0 Å². The molecule has 0 aromatic carbocycles. The molecular weight excluding hydrogens is 259 g/mol. The van der Waals surface area contributed by atoms with Crippen molar-refractivity contribution in [3.05, 3.63) is 29.2 Å². The maximum Gasteiger partial charge on any atom is 0.435 e. The first-order chi connectivity index (χ1) is 8.77. The van der Waals surface area contributed by atoms with Crippen molar-refractivity contribution in [2.75, 3.05) is 5.32 Å². The second-order valence-corrected chi connectivity index (χ2v) is 4.32. The number of halogens is 3. The molecule has 0 unspecified atom stereocenters. The molecule has 0 spiro atoms. The van der Waals surface area contributed by atoms with Gasteiger partial charge in [0.15, 0.2) is 5.69 Å². The first kappa shape index (κ1) is 13.4. The standard InChI is InChI=1S/C11H14F3N5/c1-7-4-9(19(3)16-7)15-5-8-6-18(2)17-10(8)11(12,13)14/h4,6,15H,5H2,1-3H3. The lowest BCUT2D eigenvalue weighted by atomic mass is 10.2. The van der Waals surface area contributed by atoms with E-state index in [9.17, 15) is 13.2 Å². The third kappa shape index (κ3) is 2.88. The zero-order valence-electron chi connectivity index (χ0n) is 10.8. The van der Waals surface area contributed by atoms with E-state index in [0.29, 0.717) is 5.82 Å². The largest absolute Gasteiger partial charge is 0.435 e. The molecular formula is C11H14F3N5. The summed E-state index contributed by atoms with van der Waals surface area (Å²) < 4.78 is 41.0. The van der Waals surface area contributed by atoms with Crippen LogP contribution in [0.4, 0.5) is 19.0 Å². The molecule has 0 radical (unpaired) electrons. The Morgan fingerprint density at radius 2 is 1.95 bits per heavy atom. The molecule has 19 heavy (non-hydrogen) atoms. The van der Waals surface area contributed by atoms with Gasteiger partial charge < -0.3 is 5.32 Å². The minimum absolute atomic E-state index is 0.0433. The van der Waals surface area contributed by atoms with E-state index < -0.39 is 11.9 Å². The molecule has 1 N–H and O–H groups in total. The van der Waals surface area contributed by atoms with Gasteiger partial charge in [0.2, 0.25) is 0 Å². The molecule has 0 aliphatic rings. The monoisotopic (exact) mass is 273 g/mol. The van der Waals surface area contributed by atoms with Crippen LogP contribution in [-0.4, -0.2) is 19.6 Å². The van der Waals surface area contributed by atoms with E-state index in [2.05, 4.69) is 15.5 Å². The van der Waals surface area contributed by atoms with Gasteiger partial charge in [-0.2, -0.15) is 23.4 Å². The minimum atomic E-state index is -4.44. The SMILES string of the molecule is Cc1cc(NCc2cn(C)nc2C(F)(F)F)n(C)n1. The summed E-state index contributed by atoms with van der Waals surface area (Å²) in [4.78, 5) is 0. The number of anilines is 1. The zero-order valence-corrected chi connectivity index (χ0v) is 10.8. The number of rotatable bonds is 3. The van der Waals surface area contributed by atoms with Crippen molar-refractivity contribution < 1.29 is 13.2 Å². The quantitative estimate of drug-likeness (QED) is 0.931. The van der Waals surface area contributed by atoms with Crippen LogP contribution in [0.3, 0.4) is 0 Å². The van der Waals surface area contributed by atoms with Crippen molar-refractivity contribution in [2.24, 2.45) is 14.1 Å². The number of hydrogen-bond donors (Lipinski definition) is 1. The second kappa shape index (κ2) is 4.60. The lowest BCUT2D eigenvalue weighted by molar-refractivity contribution is -0.142. The summed E-state index contributed by atoms with van der Waals surface area (Å²) in [7, 11) is 3.19. The molecule has 0 aliphatic carbocycles. The fraction of sp³-hybridized carbons (Fsp3) is 0.455. The van der Waals surface area contributed by atoms with E-state index in [0.717, 1.165) is 10.4 Å². The Balaban J connectivity index is 2.18. The smallest absolute Gasteiger partial charge is 0.366 e. The van der Waals surface area contributed by atoms with Crippen LogP contribution in [0, 0.1) is 6.92 Å². The summed E-state index contributed by atoms with van der Waals surface area (Å²) in [6.07, 6.45) is -3.08. The van der Waals surface area contributed by atoms with Crippen LogP contribution in [-0.2, 0) is 26.8 Å². The van der Waals surface area contributed by atoms with Crippen LogP contribution in [0.15, 0.2) is 12.3 Å². The lowest BCUT2D eigenvalue weighted by Crippen LogP contribution is -2.12. The number of alkyl halides is 3. The van der Waals surface area contributed by atoms with E-state index in [1.54, 1.807) is 17.8 Å². The molecule has 0 bridgehead atoms. The molecule has 5 nitrogen and oxygen atoms in total. The number of aromatic nitrogens is 4. The predicted molar refractivity (Wildman–Crippen MR) is 63.5 cm³/mol. The number of nitrogens with one attached hydrogen (secondary N) is 1. The minimum Gasteiger partial charge on any atom is -0.366 e. The Labute approximate surface area is 108 Å². The molecule has 2 aromatic heterocycles. The Bertz CT molecular complexity index is 582. The van der Waals surface area contributed by atoms with E-state index >= 15 is 0 Å². The molecule has 0 fully saturated rings. The first-order valence-electron chi connectivity index (χ1n) is 5.61. The van der Waals surface area contributed by atoms with Gasteiger partial charge in [-0.05, 0) is 6.92 Å². The van der Waals surface area contributed by atoms with Crippen molar-refractivity contribution in [1.82, 2.24) is 19.6 Å². The summed E-state index contributed by atoms with van der Waals surface area (Å²) in [5, 5.41) is 10.5. The molecule has 2 rings (SSSR count). The third-order valence-corrected chi connectivity index (χ3v) is 2.64. The maximum atomic E-state index is 12.7. The highest BCUT2D eigenvalue weighted by Gasteiger charge is 2.36. The summed E-state index contributed by atoms with van der Waals surface area (Å²) in [6.45, 7) is 1.86. The Morgan fingerprint density at radius 1 is 1.26 bits per heavy atom. The summed E-state index contributed by atoms with van der Waals surface area (Å²) in [6, 6.07) is 1.77. The van der Waals surface area contributed by atoms with Gasteiger partial charge in [-0.1, -0.05) is 0 Å². The Hall–Kier alpha value is -1.99. The van der Waals surface area contributed by atoms with Gasteiger partial charge in [0.25, 0.3) is 0 Å². The predicted octanol–water partition coefficient (Wildman–Crippen LogP) is 2.09. The molecule has 104 valence electrons. The molecule has 0 saturated carbocycles. The molecule has 2 aromatic rings. The molecule has 2 heterocycles. The third-order valence-electron chi connectivity index (χ3n) is 2.64. The molecule has 0 aliphatic heterocycles. The van der Waals surface area contributed by atoms with Crippen LogP contribution in [0.5, 0.6) is 0 Å². The second-order valence-electron chi connectivity index (χ2n) is 4.32. The first-order valence-corrected chi connectivity index (χ1v) is 5.61.